The summed E-state index contributed by atoms with van der Waals surface area (Å²) in [5.41, 5.74) is 1.72. The van der Waals surface area contributed by atoms with E-state index in [1.165, 1.54) is 0 Å². The van der Waals surface area contributed by atoms with Crippen LogP contribution in [0.3, 0.4) is 0 Å². The zero-order valence-electron chi connectivity index (χ0n) is 14.4. The van der Waals surface area contributed by atoms with E-state index >= 15 is 0 Å². The van der Waals surface area contributed by atoms with Crippen LogP contribution in [0.5, 0.6) is 0 Å². The van der Waals surface area contributed by atoms with Gasteiger partial charge in [-0.05, 0) is 37.8 Å². The molecule has 0 spiro atoms. The third-order valence-electron chi connectivity index (χ3n) is 4.35. The maximum atomic E-state index is 12.4. The number of hydrogen-bond acceptors (Lipinski definition) is 3. The number of amides is 2. The van der Waals surface area contributed by atoms with Crippen LogP contribution in [0.25, 0.3) is 0 Å². The topological polar surface area (TPSA) is 66.4 Å². The lowest BCUT2D eigenvalue weighted by Crippen LogP contribution is -2.47. The number of likely N-dealkylation sites (tertiary alicyclic amines) is 1. The Morgan fingerprint density at radius 1 is 1.30 bits per heavy atom. The minimum absolute atomic E-state index is 0.00543. The van der Waals surface area contributed by atoms with Gasteiger partial charge in [-0.2, -0.15) is 0 Å². The first-order valence-electron chi connectivity index (χ1n) is 8.43. The van der Waals surface area contributed by atoms with E-state index in [1.54, 1.807) is 0 Å². The molecular weight excluding hydrogens is 292 g/mol. The molecule has 128 valence electrons. The highest BCUT2D eigenvalue weighted by Gasteiger charge is 2.23. The minimum Gasteiger partial charge on any atom is -0.355 e. The molecular formula is C17H28N4O2. The average molecular weight is 320 g/mol. The molecule has 1 aromatic rings. The standard InChI is InChI=1S/C17H28N4O2/c1-4-8-18-15(22)12-21-10-6-14(7-11-21)19-17(23)16-13(2)5-9-20(16)3/h5,9,14H,4,6-8,10-12H2,1-3H3,(H,18,22)(H,19,23). The summed E-state index contributed by atoms with van der Waals surface area (Å²) >= 11 is 0. The van der Waals surface area contributed by atoms with Crippen LogP contribution in [0, 0.1) is 6.92 Å². The first kappa shape index (κ1) is 17.5. The van der Waals surface area contributed by atoms with Gasteiger partial charge < -0.3 is 15.2 Å². The van der Waals surface area contributed by atoms with Crippen molar-refractivity contribution in [3.05, 3.63) is 23.5 Å². The van der Waals surface area contributed by atoms with Crippen molar-refractivity contribution in [2.45, 2.75) is 39.2 Å². The second kappa shape index (κ2) is 8.15. The van der Waals surface area contributed by atoms with Crippen molar-refractivity contribution >= 4 is 11.8 Å². The molecule has 6 nitrogen and oxygen atoms in total. The highest BCUT2D eigenvalue weighted by Crippen LogP contribution is 2.13. The Kier molecular flexibility index (Phi) is 6.21. The van der Waals surface area contributed by atoms with E-state index < -0.39 is 0 Å². The van der Waals surface area contributed by atoms with E-state index in [2.05, 4.69) is 15.5 Å². The van der Waals surface area contributed by atoms with Crippen LogP contribution in [0.4, 0.5) is 0 Å². The Bertz CT molecular complexity index is 525. The largest absolute Gasteiger partial charge is 0.355 e. The predicted octanol–water partition coefficient (Wildman–Crippen LogP) is 1.05. The molecule has 0 saturated carbocycles. The maximum absolute atomic E-state index is 12.4. The molecule has 0 aliphatic carbocycles. The zero-order valence-corrected chi connectivity index (χ0v) is 14.4. The van der Waals surface area contributed by atoms with Crippen molar-refractivity contribution in [1.29, 1.82) is 0 Å². The molecule has 1 aliphatic heterocycles. The van der Waals surface area contributed by atoms with Crippen LogP contribution < -0.4 is 10.6 Å². The summed E-state index contributed by atoms with van der Waals surface area (Å²) in [6, 6.07) is 2.14. The van der Waals surface area contributed by atoms with Gasteiger partial charge >= 0.3 is 0 Å². The Labute approximate surface area is 138 Å². The summed E-state index contributed by atoms with van der Waals surface area (Å²) in [7, 11) is 1.89. The Balaban J connectivity index is 1.76. The summed E-state index contributed by atoms with van der Waals surface area (Å²) in [5.74, 6) is 0.0860. The van der Waals surface area contributed by atoms with Crippen LogP contribution in [0.1, 0.15) is 42.2 Å². The molecule has 0 bridgehead atoms. The van der Waals surface area contributed by atoms with Crippen molar-refractivity contribution in [2.75, 3.05) is 26.2 Å². The van der Waals surface area contributed by atoms with Crippen LogP contribution in [-0.4, -0.2) is 53.5 Å². The highest BCUT2D eigenvalue weighted by atomic mass is 16.2. The monoisotopic (exact) mass is 320 g/mol. The summed E-state index contributed by atoms with van der Waals surface area (Å²) in [5, 5.41) is 6.03. The fraction of sp³-hybridized carbons (Fsp3) is 0.647. The lowest BCUT2D eigenvalue weighted by Gasteiger charge is -2.31. The molecule has 2 amide bonds. The van der Waals surface area contributed by atoms with Crippen LogP contribution in [0.15, 0.2) is 12.3 Å². The number of hydrogen-bond donors (Lipinski definition) is 2. The third-order valence-corrected chi connectivity index (χ3v) is 4.35. The van der Waals surface area contributed by atoms with Gasteiger partial charge in [-0.1, -0.05) is 6.92 Å². The molecule has 0 aromatic carbocycles. The van der Waals surface area contributed by atoms with Gasteiger partial charge in [-0.3, -0.25) is 14.5 Å². The Hall–Kier alpha value is -1.82. The number of rotatable bonds is 6. The Morgan fingerprint density at radius 2 is 2.00 bits per heavy atom. The SMILES string of the molecule is CCCNC(=O)CN1CCC(NC(=O)c2c(C)ccn2C)CC1. The summed E-state index contributed by atoms with van der Waals surface area (Å²) < 4.78 is 1.86. The van der Waals surface area contributed by atoms with E-state index in [-0.39, 0.29) is 17.9 Å². The molecule has 0 radical (unpaired) electrons. The van der Waals surface area contributed by atoms with Crippen LogP contribution in [-0.2, 0) is 11.8 Å². The number of aryl methyl sites for hydroxylation is 2. The second-order valence-electron chi connectivity index (χ2n) is 6.33. The second-order valence-corrected chi connectivity index (χ2v) is 6.33. The summed E-state index contributed by atoms with van der Waals surface area (Å²) in [6.07, 6.45) is 4.63. The van der Waals surface area contributed by atoms with Gasteiger partial charge in [0.15, 0.2) is 0 Å². The molecule has 23 heavy (non-hydrogen) atoms. The van der Waals surface area contributed by atoms with Gasteiger partial charge in [-0.25, -0.2) is 0 Å². The molecule has 6 heteroatoms. The smallest absolute Gasteiger partial charge is 0.268 e. The normalized spacial score (nSPS) is 16.3. The molecule has 1 fully saturated rings. The number of carbonyl (C=O) groups excluding carboxylic acids is 2. The fourth-order valence-corrected chi connectivity index (χ4v) is 3.01. The van der Waals surface area contributed by atoms with Gasteiger partial charge in [0.25, 0.3) is 5.91 Å². The van der Waals surface area contributed by atoms with Gasteiger partial charge in [-0.15, -0.1) is 0 Å². The Morgan fingerprint density at radius 3 is 2.57 bits per heavy atom. The number of nitrogens with zero attached hydrogens (tertiary/aromatic N) is 2. The third kappa shape index (κ3) is 4.82. The fourth-order valence-electron chi connectivity index (χ4n) is 3.01. The molecule has 1 aliphatic rings. The van der Waals surface area contributed by atoms with E-state index in [4.69, 9.17) is 0 Å². The minimum atomic E-state index is -0.00543. The quantitative estimate of drug-likeness (QED) is 0.823. The average Bonchev–Trinajstić information content (AvgIpc) is 2.86. The maximum Gasteiger partial charge on any atom is 0.268 e. The van der Waals surface area contributed by atoms with Gasteiger partial charge in [0.2, 0.25) is 5.91 Å². The zero-order chi connectivity index (χ0) is 16.8. The van der Waals surface area contributed by atoms with Gasteiger partial charge in [0.05, 0.1) is 6.54 Å². The highest BCUT2D eigenvalue weighted by molar-refractivity contribution is 5.94. The first-order valence-corrected chi connectivity index (χ1v) is 8.43. The van der Waals surface area contributed by atoms with Crippen molar-refractivity contribution in [3.63, 3.8) is 0 Å². The van der Waals surface area contributed by atoms with Crippen molar-refractivity contribution in [2.24, 2.45) is 7.05 Å². The lowest BCUT2D eigenvalue weighted by molar-refractivity contribution is -0.122. The van der Waals surface area contributed by atoms with E-state index in [1.807, 2.05) is 37.7 Å². The number of nitrogens with one attached hydrogen (secondary N) is 2. The number of aromatic nitrogens is 1. The van der Waals surface area contributed by atoms with E-state index in [0.29, 0.717) is 6.54 Å². The molecule has 2 N–H and O–H groups in total. The predicted molar refractivity (Wildman–Crippen MR) is 90.4 cm³/mol. The van der Waals surface area contributed by atoms with Crippen LogP contribution in [0.2, 0.25) is 0 Å². The molecule has 1 saturated heterocycles. The van der Waals surface area contributed by atoms with Gasteiger partial charge in [0, 0.05) is 38.9 Å². The van der Waals surface area contributed by atoms with E-state index in [0.717, 1.165) is 50.2 Å². The molecule has 0 unspecified atom stereocenters. The van der Waals surface area contributed by atoms with Crippen molar-refractivity contribution < 1.29 is 9.59 Å². The van der Waals surface area contributed by atoms with Crippen molar-refractivity contribution in [3.8, 4) is 0 Å². The number of piperidine rings is 1. The van der Waals surface area contributed by atoms with E-state index in [9.17, 15) is 9.59 Å². The van der Waals surface area contributed by atoms with Crippen LogP contribution >= 0.6 is 0 Å². The molecule has 2 rings (SSSR count). The summed E-state index contributed by atoms with van der Waals surface area (Å²) in [6.45, 7) is 6.88. The van der Waals surface area contributed by atoms with Gasteiger partial charge in [0.1, 0.15) is 5.69 Å². The molecule has 2 heterocycles. The molecule has 0 atom stereocenters. The molecule has 1 aromatic heterocycles. The first-order chi connectivity index (χ1) is 11.0. The summed E-state index contributed by atoms with van der Waals surface area (Å²) in [4.78, 5) is 26.3. The van der Waals surface area contributed by atoms with Crippen molar-refractivity contribution in [1.82, 2.24) is 20.1 Å². The number of carbonyl (C=O) groups is 2. The lowest BCUT2D eigenvalue weighted by atomic mass is 10.0.